The molecule has 1 fully saturated rings. The summed E-state index contributed by atoms with van der Waals surface area (Å²) in [4.78, 5) is 40.7. The molecule has 1 aliphatic rings. The Balaban J connectivity index is 1.65. The molecular weight excluding hydrogens is 433 g/mol. The molecule has 2 N–H and O–H groups in total. The van der Waals surface area contributed by atoms with E-state index in [1.807, 2.05) is 11.4 Å². The van der Waals surface area contributed by atoms with Crippen LogP contribution < -0.4 is 10.6 Å². The minimum atomic E-state index is -0.742. The van der Waals surface area contributed by atoms with Crippen LogP contribution in [0.2, 0.25) is 0 Å². The average molecular weight is 462 g/mol. The molecule has 0 aliphatic carbocycles. The van der Waals surface area contributed by atoms with Crippen molar-refractivity contribution in [3.05, 3.63) is 58.0 Å². The van der Waals surface area contributed by atoms with Gasteiger partial charge < -0.3 is 20.3 Å². The molecule has 1 aromatic heterocycles. The van der Waals surface area contributed by atoms with Gasteiger partial charge in [0.15, 0.2) is 0 Å². The first-order valence-electron chi connectivity index (χ1n) is 10.7. The highest BCUT2D eigenvalue weighted by molar-refractivity contribution is 7.12. The lowest BCUT2D eigenvalue weighted by molar-refractivity contribution is -0.124. The van der Waals surface area contributed by atoms with Crippen LogP contribution >= 0.6 is 11.3 Å². The Kier molecular flexibility index (Phi) is 8.75. The number of rotatable bonds is 9. The molecule has 1 atom stereocenters. The van der Waals surface area contributed by atoms with Gasteiger partial charge in [-0.1, -0.05) is 6.07 Å². The highest BCUT2D eigenvalue weighted by Crippen LogP contribution is 2.24. The maximum absolute atomic E-state index is 13.2. The van der Waals surface area contributed by atoms with Crippen LogP contribution in [0.1, 0.15) is 39.3 Å². The van der Waals surface area contributed by atoms with Crippen LogP contribution in [0.3, 0.4) is 0 Å². The van der Waals surface area contributed by atoms with E-state index in [1.165, 1.54) is 35.6 Å². The highest BCUT2D eigenvalue weighted by atomic mass is 32.1. The van der Waals surface area contributed by atoms with Gasteiger partial charge in [-0.2, -0.15) is 0 Å². The maximum atomic E-state index is 13.2. The maximum Gasteiger partial charge on any atom is 0.263 e. The predicted molar refractivity (Wildman–Crippen MR) is 120 cm³/mol. The number of nitrogens with one attached hydrogen (secondary N) is 2. The molecule has 9 heteroatoms. The van der Waals surface area contributed by atoms with E-state index in [-0.39, 0.29) is 23.3 Å². The third-order valence-electron chi connectivity index (χ3n) is 5.53. The van der Waals surface area contributed by atoms with Crippen LogP contribution in [-0.2, 0) is 9.53 Å². The van der Waals surface area contributed by atoms with Gasteiger partial charge in [-0.3, -0.25) is 14.4 Å². The third kappa shape index (κ3) is 6.37. The fraction of sp³-hybridized carbons (Fsp3) is 0.435. The average Bonchev–Trinajstić information content (AvgIpc) is 3.35. The Bertz CT molecular complexity index is 896. The summed E-state index contributed by atoms with van der Waals surface area (Å²) in [6.07, 6.45) is 1.85. The summed E-state index contributed by atoms with van der Waals surface area (Å²) < 4.78 is 18.2. The number of carbonyl (C=O) groups is 3. The second-order valence-corrected chi connectivity index (χ2v) is 8.65. The summed E-state index contributed by atoms with van der Waals surface area (Å²) >= 11 is 1.41. The zero-order valence-corrected chi connectivity index (χ0v) is 18.8. The van der Waals surface area contributed by atoms with Crippen molar-refractivity contribution < 1.29 is 23.5 Å². The lowest BCUT2D eigenvalue weighted by Gasteiger charge is -2.35. The first-order chi connectivity index (χ1) is 15.5. The van der Waals surface area contributed by atoms with Crippen molar-refractivity contribution >= 4 is 29.1 Å². The largest absolute Gasteiger partial charge is 0.385 e. The van der Waals surface area contributed by atoms with Crippen LogP contribution in [0.15, 0.2) is 41.8 Å². The number of nitrogens with zero attached hydrogens (tertiary/aromatic N) is 1. The molecule has 2 heterocycles. The summed E-state index contributed by atoms with van der Waals surface area (Å²) in [5.74, 6) is -1.25. The van der Waals surface area contributed by atoms with Crippen LogP contribution in [0.25, 0.3) is 0 Å². The Morgan fingerprint density at radius 1 is 1.19 bits per heavy atom. The Hall–Kier alpha value is -2.78. The molecule has 1 aromatic carbocycles. The Labute approximate surface area is 190 Å². The topological polar surface area (TPSA) is 87.7 Å². The fourth-order valence-corrected chi connectivity index (χ4v) is 4.44. The number of benzene rings is 1. The van der Waals surface area contributed by atoms with Gasteiger partial charge in [0.2, 0.25) is 5.91 Å². The molecule has 32 heavy (non-hydrogen) atoms. The number of hydrogen-bond acceptors (Lipinski definition) is 5. The molecule has 1 saturated heterocycles. The number of likely N-dealkylation sites (tertiary alicyclic amines) is 1. The molecule has 0 spiro atoms. The second kappa shape index (κ2) is 11.7. The van der Waals surface area contributed by atoms with Crippen LogP contribution in [-0.4, -0.2) is 62.0 Å². The number of methoxy groups -OCH3 is 1. The number of piperidine rings is 1. The van der Waals surface area contributed by atoms with Crippen LogP contribution in [0.5, 0.6) is 0 Å². The van der Waals surface area contributed by atoms with Gasteiger partial charge in [-0.05, 0) is 60.9 Å². The van der Waals surface area contributed by atoms with E-state index in [2.05, 4.69) is 10.6 Å². The quantitative estimate of drug-likeness (QED) is 0.562. The van der Waals surface area contributed by atoms with Crippen molar-refractivity contribution in [3.63, 3.8) is 0 Å². The second-order valence-electron chi connectivity index (χ2n) is 7.70. The monoisotopic (exact) mass is 461 g/mol. The zero-order valence-electron chi connectivity index (χ0n) is 18.0. The normalized spacial score (nSPS) is 15.2. The zero-order chi connectivity index (χ0) is 22.9. The van der Waals surface area contributed by atoms with Crippen molar-refractivity contribution in [2.24, 2.45) is 5.92 Å². The minimum Gasteiger partial charge on any atom is -0.385 e. The van der Waals surface area contributed by atoms with Gasteiger partial charge in [0, 0.05) is 38.9 Å². The van der Waals surface area contributed by atoms with Gasteiger partial charge in [0.05, 0.1) is 4.88 Å². The molecule has 3 rings (SSSR count). The molecule has 7 nitrogen and oxygen atoms in total. The van der Waals surface area contributed by atoms with E-state index in [1.54, 1.807) is 18.1 Å². The number of amides is 3. The van der Waals surface area contributed by atoms with Gasteiger partial charge >= 0.3 is 0 Å². The van der Waals surface area contributed by atoms with E-state index in [0.717, 1.165) is 0 Å². The summed E-state index contributed by atoms with van der Waals surface area (Å²) in [6, 6.07) is 8.11. The van der Waals surface area contributed by atoms with E-state index in [0.29, 0.717) is 50.4 Å². The molecule has 3 amide bonds. The van der Waals surface area contributed by atoms with Gasteiger partial charge in [0.25, 0.3) is 11.8 Å². The number of ether oxygens (including phenoxy) is 1. The van der Waals surface area contributed by atoms with Gasteiger partial charge in [-0.25, -0.2) is 4.39 Å². The Morgan fingerprint density at radius 3 is 2.53 bits per heavy atom. The predicted octanol–water partition coefficient (Wildman–Crippen LogP) is 2.69. The molecule has 2 aromatic rings. The van der Waals surface area contributed by atoms with Crippen LogP contribution in [0, 0.1) is 11.7 Å². The highest BCUT2D eigenvalue weighted by Gasteiger charge is 2.34. The summed E-state index contributed by atoms with van der Waals surface area (Å²) in [5, 5.41) is 7.56. The van der Waals surface area contributed by atoms with Crippen LogP contribution in [0.4, 0.5) is 4.39 Å². The number of hydrogen-bond donors (Lipinski definition) is 2. The first kappa shape index (κ1) is 23.9. The van der Waals surface area contributed by atoms with E-state index in [9.17, 15) is 18.8 Å². The summed E-state index contributed by atoms with van der Waals surface area (Å²) in [7, 11) is 1.60. The summed E-state index contributed by atoms with van der Waals surface area (Å²) in [5.41, 5.74) is 0.286. The SMILES string of the molecule is COCCCNC(=O)[C@@H](NC(=O)c1ccc(F)cc1)C1CCN(C(=O)c2cccs2)CC1. The first-order valence-corrected chi connectivity index (χ1v) is 11.5. The minimum absolute atomic E-state index is 0.00522. The molecule has 0 bridgehead atoms. The van der Waals surface area contributed by atoms with E-state index < -0.39 is 17.8 Å². The molecule has 172 valence electrons. The number of halogens is 1. The smallest absolute Gasteiger partial charge is 0.263 e. The van der Waals surface area contributed by atoms with Gasteiger partial charge in [-0.15, -0.1) is 11.3 Å². The van der Waals surface area contributed by atoms with Crippen molar-refractivity contribution in [3.8, 4) is 0 Å². The molecule has 0 saturated carbocycles. The summed E-state index contributed by atoms with van der Waals surface area (Å²) in [6.45, 7) is 1.99. The van der Waals surface area contributed by atoms with Gasteiger partial charge in [0.1, 0.15) is 11.9 Å². The third-order valence-corrected chi connectivity index (χ3v) is 6.39. The van der Waals surface area contributed by atoms with E-state index >= 15 is 0 Å². The van der Waals surface area contributed by atoms with Crippen molar-refractivity contribution in [1.29, 1.82) is 0 Å². The molecule has 0 radical (unpaired) electrons. The van der Waals surface area contributed by atoms with E-state index in [4.69, 9.17) is 4.74 Å². The van der Waals surface area contributed by atoms with Crippen molar-refractivity contribution in [1.82, 2.24) is 15.5 Å². The number of thiophene rings is 1. The lowest BCUT2D eigenvalue weighted by Crippen LogP contribution is -2.54. The molecule has 1 aliphatic heterocycles. The molecular formula is C23H28FN3O4S. The molecule has 0 unspecified atom stereocenters. The lowest BCUT2D eigenvalue weighted by atomic mass is 9.88. The Morgan fingerprint density at radius 2 is 1.91 bits per heavy atom. The standard InChI is InChI=1S/C23H28FN3O4S/c1-31-14-3-11-25-22(29)20(26-21(28)17-5-7-18(24)8-6-17)16-9-12-27(13-10-16)23(30)19-4-2-15-32-19/h2,4-8,15-16,20H,3,9-14H2,1H3,(H,25,29)(H,26,28)/t20-/m0/s1. The van der Waals surface area contributed by atoms with Crippen molar-refractivity contribution in [2.75, 3.05) is 33.4 Å². The number of carbonyl (C=O) groups excluding carboxylic acids is 3. The fourth-order valence-electron chi connectivity index (χ4n) is 3.75. The van der Waals surface area contributed by atoms with Crippen molar-refractivity contribution in [2.45, 2.75) is 25.3 Å².